The Kier molecular flexibility index (Phi) is 4.70. The van der Waals surface area contributed by atoms with E-state index in [9.17, 15) is 4.79 Å². The van der Waals surface area contributed by atoms with Gasteiger partial charge >= 0.3 is 0 Å². The maximum absolute atomic E-state index is 11.0. The third-order valence-electron chi connectivity index (χ3n) is 3.41. The topological polar surface area (TPSA) is 88.5 Å². The van der Waals surface area contributed by atoms with E-state index >= 15 is 0 Å². The molecule has 6 heteroatoms. The number of carbonyl (C=O) groups excluding carboxylic acids is 1. The van der Waals surface area contributed by atoms with Gasteiger partial charge in [0.15, 0.2) is 0 Å². The van der Waals surface area contributed by atoms with Gasteiger partial charge in [0.1, 0.15) is 5.82 Å². The molecule has 19 heavy (non-hydrogen) atoms. The fourth-order valence-electron chi connectivity index (χ4n) is 2.23. The van der Waals surface area contributed by atoms with Crippen molar-refractivity contribution in [1.29, 1.82) is 0 Å². The molecule has 0 aliphatic carbocycles. The van der Waals surface area contributed by atoms with Crippen LogP contribution in [0.15, 0.2) is 18.3 Å². The van der Waals surface area contributed by atoms with E-state index < -0.39 is 5.91 Å². The number of pyridine rings is 1. The molecule has 0 spiro atoms. The van der Waals surface area contributed by atoms with E-state index in [4.69, 9.17) is 11.5 Å². The van der Waals surface area contributed by atoms with Crippen molar-refractivity contribution in [2.24, 2.45) is 11.5 Å². The number of nitrogens with zero attached hydrogens (tertiary/aromatic N) is 3. The zero-order valence-electron chi connectivity index (χ0n) is 11.1. The highest BCUT2D eigenvalue weighted by atomic mass is 16.1. The predicted molar refractivity (Wildman–Crippen MR) is 75.1 cm³/mol. The Morgan fingerprint density at radius 3 is 2.53 bits per heavy atom. The van der Waals surface area contributed by atoms with Gasteiger partial charge in [0.2, 0.25) is 5.91 Å². The number of amides is 1. The summed E-state index contributed by atoms with van der Waals surface area (Å²) in [4.78, 5) is 19.9. The van der Waals surface area contributed by atoms with E-state index in [1.54, 1.807) is 12.3 Å². The van der Waals surface area contributed by atoms with Crippen LogP contribution in [0.4, 0.5) is 5.82 Å². The highest BCUT2D eigenvalue weighted by molar-refractivity contribution is 5.92. The van der Waals surface area contributed by atoms with Crippen LogP contribution < -0.4 is 16.4 Å². The molecule has 0 atom stereocenters. The van der Waals surface area contributed by atoms with Crippen molar-refractivity contribution >= 4 is 11.7 Å². The standard InChI is InChI=1S/C13H21N5O/c14-4-1-5-17-6-8-18(9-7-17)12-3-2-11(10-16-12)13(15)19/h2-3,10H,1,4-9,14H2,(H2,15,19). The lowest BCUT2D eigenvalue weighted by Crippen LogP contribution is -2.47. The van der Waals surface area contributed by atoms with E-state index in [1.807, 2.05) is 6.07 Å². The van der Waals surface area contributed by atoms with Crippen LogP contribution in [0, 0.1) is 0 Å². The van der Waals surface area contributed by atoms with Crippen molar-refractivity contribution in [1.82, 2.24) is 9.88 Å². The van der Waals surface area contributed by atoms with E-state index in [0.29, 0.717) is 5.56 Å². The molecule has 1 amide bonds. The Morgan fingerprint density at radius 1 is 1.26 bits per heavy atom. The summed E-state index contributed by atoms with van der Waals surface area (Å²) in [6, 6.07) is 3.58. The molecule has 2 heterocycles. The summed E-state index contributed by atoms with van der Waals surface area (Å²) in [7, 11) is 0. The largest absolute Gasteiger partial charge is 0.366 e. The Morgan fingerprint density at radius 2 is 2.00 bits per heavy atom. The predicted octanol–water partition coefficient (Wildman–Crippen LogP) is -0.349. The SMILES string of the molecule is NCCCN1CCN(c2ccc(C(N)=O)cn2)CC1. The van der Waals surface area contributed by atoms with Crippen LogP contribution in [-0.4, -0.2) is 55.1 Å². The highest BCUT2D eigenvalue weighted by Gasteiger charge is 2.17. The van der Waals surface area contributed by atoms with Gasteiger partial charge in [-0.05, 0) is 31.6 Å². The summed E-state index contributed by atoms with van der Waals surface area (Å²) < 4.78 is 0. The van der Waals surface area contributed by atoms with Gasteiger partial charge in [-0.15, -0.1) is 0 Å². The highest BCUT2D eigenvalue weighted by Crippen LogP contribution is 2.14. The molecule has 1 aromatic heterocycles. The molecular formula is C13H21N5O. The Labute approximate surface area is 113 Å². The Balaban J connectivity index is 1.88. The second-order valence-corrected chi connectivity index (χ2v) is 4.74. The lowest BCUT2D eigenvalue weighted by Gasteiger charge is -2.35. The molecule has 0 bridgehead atoms. The quantitative estimate of drug-likeness (QED) is 0.758. The zero-order chi connectivity index (χ0) is 13.7. The van der Waals surface area contributed by atoms with Crippen LogP contribution in [-0.2, 0) is 0 Å². The van der Waals surface area contributed by atoms with Gasteiger partial charge in [-0.2, -0.15) is 0 Å². The van der Waals surface area contributed by atoms with Gasteiger partial charge in [0.05, 0.1) is 5.56 Å². The molecule has 104 valence electrons. The third kappa shape index (κ3) is 3.65. The lowest BCUT2D eigenvalue weighted by molar-refractivity contribution is 0.1000. The molecule has 1 aliphatic heterocycles. The molecule has 0 saturated carbocycles. The first-order valence-electron chi connectivity index (χ1n) is 6.64. The van der Waals surface area contributed by atoms with Gasteiger partial charge in [-0.1, -0.05) is 0 Å². The first-order chi connectivity index (χ1) is 9.20. The molecule has 1 aliphatic rings. The molecule has 6 nitrogen and oxygen atoms in total. The normalized spacial score (nSPS) is 16.6. The van der Waals surface area contributed by atoms with Crippen LogP contribution in [0.25, 0.3) is 0 Å². The number of carbonyl (C=O) groups is 1. The maximum atomic E-state index is 11.0. The molecule has 1 aromatic rings. The first kappa shape index (κ1) is 13.8. The molecule has 4 N–H and O–H groups in total. The van der Waals surface area contributed by atoms with Crippen LogP contribution in [0.2, 0.25) is 0 Å². The van der Waals surface area contributed by atoms with Crippen LogP contribution in [0.3, 0.4) is 0 Å². The lowest BCUT2D eigenvalue weighted by atomic mass is 10.2. The zero-order valence-corrected chi connectivity index (χ0v) is 11.1. The molecule has 1 saturated heterocycles. The van der Waals surface area contributed by atoms with Gasteiger partial charge < -0.3 is 16.4 Å². The van der Waals surface area contributed by atoms with Crippen molar-refractivity contribution < 1.29 is 4.79 Å². The monoisotopic (exact) mass is 263 g/mol. The van der Waals surface area contributed by atoms with Crippen molar-refractivity contribution in [2.75, 3.05) is 44.2 Å². The van der Waals surface area contributed by atoms with E-state index in [-0.39, 0.29) is 0 Å². The number of hydrogen-bond donors (Lipinski definition) is 2. The van der Waals surface area contributed by atoms with Crippen molar-refractivity contribution in [2.45, 2.75) is 6.42 Å². The minimum absolute atomic E-state index is 0.439. The number of aromatic nitrogens is 1. The average Bonchev–Trinajstić information content (AvgIpc) is 2.46. The summed E-state index contributed by atoms with van der Waals surface area (Å²) in [5.41, 5.74) is 11.2. The fraction of sp³-hybridized carbons (Fsp3) is 0.538. The first-order valence-corrected chi connectivity index (χ1v) is 6.64. The molecule has 0 aromatic carbocycles. The Bertz CT molecular complexity index is 412. The molecule has 0 radical (unpaired) electrons. The molecule has 2 rings (SSSR count). The number of nitrogens with two attached hydrogens (primary N) is 2. The van der Waals surface area contributed by atoms with Gasteiger partial charge in [0.25, 0.3) is 0 Å². The average molecular weight is 263 g/mol. The maximum Gasteiger partial charge on any atom is 0.250 e. The second kappa shape index (κ2) is 6.49. The van der Waals surface area contributed by atoms with Crippen molar-refractivity contribution in [3.63, 3.8) is 0 Å². The summed E-state index contributed by atoms with van der Waals surface area (Å²) >= 11 is 0. The third-order valence-corrected chi connectivity index (χ3v) is 3.41. The smallest absolute Gasteiger partial charge is 0.250 e. The van der Waals surface area contributed by atoms with E-state index in [0.717, 1.165) is 51.5 Å². The minimum atomic E-state index is -0.439. The molecule has 0 unspecified atom stereocenters. The van der Waals surface area contributed by atoms with Gasteiger partial charge in [-0.25, -0.2) is 4.98 Å². The van der Waals surface area contributed by atoms with Gasteiger partial charge in [0, 0.05) is 32.4 Å². The summed E-state index contributed by atoms with van der Waals surface area (Å²) in [5.74, 6) is 0.467. The van der Waals surface area contributed by atoms with E-state index in [1.165, 1.54) is 0 Å². The number of hydrogen-bond acceptors (Lipinski definition) is 5. The van der Waals surface area contributed by atoms with Gasteiger partial charge in [-0.3, -0.25) is 9.69 Å². The van der Waals surface area contributed by atoms with Crippen LogP contribution in [0.5, 0.6) is 0 Å². The summed E-state index contributed by atoms with van der Waals surface area (Å²) in [5, 5.41) is 0. The Hall–Kier alpha value is -1.66. The molecular weight excluding hydrogens is 242 g/mol. The number of rotatable bonds is 5. The second-order valence-electron chi connectivity index (χ2n) is 4.74. The number of primary amides is 1. The fourth-order valence-corrected chi connectivity index (χ4v) is 2.23. The van der Waals surface area contributed by atoms with Crippen LogP contribution in [0.1, 0.15) is 16.8 Å². The van der Waals surface area contributed by atoms with Crippen molar-refractivity contribution in [3.8, 4) is 0 Å². The molecule has 1 fully saturated rings. The minimum Gasteiger partial charge on any atom is -0.366 e. The number of piperazine rings is 1. The van der Waals surface area contributed by atoms with Crippen molar-refractivity contribution in [3.05, 3.63) is 23.9 Å². The summed E-state index contributed by atoms with van der Waals surface area (Å²) in [6.07, 6.45) is 2.59. The van der Waals surface area contributed by atoms with E-state index in [2.05, 4.69) is 14.8 Å². The summed E-state index contributed by atoms with van der Waals surface area (Å²) in [6.45, 7) is 5.77. The van der Waals surface area contributed by atoms with Crippen LogP contribution >= 0.6 is 0 Å². The number of anilines is 1.